The number of likely N-dealkylation sites (tertiary alicyclic amines) is 1. The van der Waals surface area contributed by atoms with Gasteiger partial charge in [0, 0.05) is 57.0 Å². The van der Waals surface area contributed by atoms with E-state index in [4.69, 9.17) is 4.74 Å². The average molecular weight is 658 g/mol. The number of aromatic nitrogens is 1. The van der Waals surface area contributed by atoms with Gasteiger partial charge in [0.25, 0.3) is 0 Å². The Morgan fingerprint density at radius 1 is 1.28 bits per heavy atom. The highest BCUT2D eigenvalue weighted by Crippen LogP contribution is 2.49. The lowest BCUT2D eigenvalue weighted by Gasteiger charge is -2.58. The van der Waals surface area contributed by atoms with E-state index in [2.05, 4.69) is 10.3 Å². The quantitative estimate of drug-likeness (QED) is 0.316. The Morgan fingerprint density at radius 3 is 2.66 bits per heavy atom. The Labute approximate surface area is 271 Å². The summed E-state index contributed by atoms with van der Waals surface area (Å²) < 4.78 is 62.6. The van der Waals surface area contributed by atoms with Crippen LogP contribution in [0, 0.1) is 29.5 Å². The van der Waals surface area contributed by atoms with Gasteiger partial charge in [-0.05, 0) is 58.5 Å². The molecule has 252 valence electrons. The summed E-state index contributed by atoms with van der Waals surface area (Å²) in [5, 5.41) is 12.4. The molecule has 1 N–H and O–H groups in total. The molecule has 14 heteroatoms. The molecule has 3 aliphatic rings. The van der Waals surface area contributed by atoms with Gasteiger partial charge in [-0.1, -0.05) is 12.1 Å². The van der Waals surface area contributed by atoms with E-state index in [1.807, 2.05) is 30.0 Å². The van der Waals surface area contributed by atoms with E-state index in [-0.39, 0.29) is 54.2 Å². The predicted molar refractivity (Wildman–Crippen MR) is 168 cm³/mol. The van der Waals surface area contributed by atoms with Crippen LogP contribution >= 0.6 is 0 Å². The number of nitrogens with one attached hydrogen (secondary N) is 1. The SMILES string of the molecule is Cc1cc(C(F)(F)F)c(C#N)c(N[C@H]2CCN(CCOC3CC4(C3)CN(C(=O)/C=C/CN(C)C)C4)c3c(F)cccc3N(C)C2=O)n1. The molecule has 10 nitrogen and oxygen atoms in total. The Morgan fingerprint density at radius 2 is 2.00 bits per heavy atom. The minimum Gasteiger partial charge on any atom is -0.376 e. The maximum atomic E-state index is 15.3. The zero-order chi connectivity index (χ0) is 34.1. The van der Waals surface area contributed by atoms with Gasteiger partial charge in [0.05, 0.1) is 29.6 Å². The second kappa shape index (κ2) is 13.5. The molecule has 47 heavy (non-hydrogen) atoms. The van der Waals surface area contributed by atoms with Crippen molar-refractivity contribution in [3.63, 3.8) is 0 Å². The number of nitrogens with zero attached hydrogens (tertiary/aromatic N) is 6. The van der Waals surface area contributed by atoms with Crippen molar-refractivity contribution in [1.29, 1.82) is 5.26 Å². The van der Waals surface area contributed by atoms with Gasteiger partial charge in [0.2, 0.25) is 11.8 Å². The minimum atomic E-state index is -4.79. The summed E-state index contributed by atoms with van der Waals surface area (Å²) in [5.74, 6) is -1.34. The third-order valence-electron chi connectivity index (χ3n) is 8.97. The number of aryl methyl sites for hydroxylation is 1. The molecular formula is C33H39F4N7O3. The molecule has 3 heterocycles. The molecule has 2 aromatic rings. The average Bonchev–Trinajstić information content (AvgIpc) is 2.96. The normalized spacial score (nSPS) is 19.7. The maximum Gasteiger partial charge on any atom is 0.417 e. The number of hydrogen-bond donors (Lipinski definition) is 1. The summed E-state index contributed by atoms with van der Waals surface area (Å²) in [6.07, 6.45) is 0.453. The third-order valence-corrected chi connectivity index (χ3v) is 8.97. The highest BCUT2D eigenvalue weighted by Gasteiger charge is 2.53. The fraction of sp³-hybridized carbons (Fsp3) is 0.515. The van der Waals surface area contributed by atoms with E-state index >= 15 is 4.39 Å². The van der Waals surface area contributed by atoms with Gasteiger partial charge in [-0.15, -0.1) is 0 Å². The van der Waals surface area contributed by atoms with Gasteiger partial charge < -0.3 is 29.7 Å². The number of rotatable bonds is 9. The molecule has 1 aromatic carbocycles. The molecule has 0 bridgehead atoms. The number of fused-ring (bicyclic) bond motifs is 1. The molecule has 0 radical (unpaired) electrons. The first kappa shape index (κ1) is 34.1. The molecule has 1 aromatic heterocycles. The van der Waals surface area contributed by atoms with Crippen LogP contribution in [0.25, 0.3) is 0 Å². The van der Waals surface area contributed by atoms with Crippen molar-refractivity contribution < 1.29 is 31.9 Å². The monoisotopic (exact) mass is 657 g/mol. The maximum absolute atomic E-state index is 15.3. The number of likely N-dealkylation sites (N-methyl/N-ethyl adjacent to an activating group) is 2. The van der Waals surface area contributed by atoms with E-state index in [0.29, 0.717) is 31.9 Å². The summed E-state index contributed by atoms with van der Waals surface area (Å²) in [5.41, 5.74) is -1.19. The number of carbonyl (C=O) groups excluding carboxylic acids is 2. The number of pyridine rings is 1. The Bertz CT molecular complexity index is 1580. The first-order valence-electron chi connectivity index (χ1n) is 15.5. The molecule has 1 spiro atoms. The van der Waals surface area contributed by atoms with Crippen molar-refractivity contribution in [3.05, 3.63) is 59.1 Å². The van der Waals surface area contributed by atoms with Crippen molar-refractivity contribution in [1.82, 2.24) is 14.8 Å². The van der Waals surface area contributed by atoms with Crippen LogP contribution in [-0.4, -0.2) is 99.2 Å². The summed E-state index contributed by atoms with van der Waals surface area (Å²) in [6.45, 7) is 4.25. The van der Waals surface area contributed by atoms with Gasteiger partial charge in [-0.3, -0.25) is 9.59 Å². The fourth-order valence-electron chi connectivity index (χ4n) is 6.60. The lowest BCUT2D eigenvalue weighted by Crippen LogP contribution is -2.65. The van der Waals surface area contributed by atoms with E-state index in [0.717, 1.165) is 18.9 Å². The van der Waals surface area contributed by atoms with Crippen molar-refractivity contribution in [2.45, 2.75) is 44.5 Å². The van der Waals surface area contributed by atoms with E-state index in [1.54, 1.807) is 23.1 Å². The molecular weight excluding hydrogens is 618 g/mol. The fourth-order valence-corrected chi connectivity index (χ4v) is 6.60. The van der Waals surface area contributed by atoms with Crippen LogP contribution in [0.5, 0.6) is 0 Å². The third kappa shape index (κ3) is 7.36. The Hall–Kier alpha value is -4.22. The molecule has 2 aliphatic heterocycles. The molecule has 1 saturated heterocycles. The summed E-state index contributed by atoms with van der Waals surface area (Å²) in [6, 6.07) is 5.74. The number of carbonyl (C=O) groups is 2. The Kier molecular flexibility index (Phi) is 9.79. The molecule has 1 aliphatic carbocycles. The first-order valence-corrected chi connectivity index (χ1v) is 15.5. The topological polar surface area (TPSA) is 105 Å². The molecule has 1 saturated carbocycles. The number of nitriles is 1. The van der Waals surface area contributed by atoms with Crippen molar-refractivity contribution >= 4 is 29.0 Å². The van der Waals surface area contributed by atoms with Gasteiger partial charge in [-0.25, -0.2) is 9.37 Å². The number of hydrogen-bond acceptors (Lipinski definition) is 8. The van der Waals surface area contributed by atoms with Gasteiger partial charge in [0.1, 0.15) is 29.3 Å². The summed E-state index contributed by atoms with van der Waals surface area (Å²) in [4.78, 5) is 36.9. The van der Waals surface area contributed by atoms with Crippen LogP contribution < -0.4 is 15.1 Å². The Balaban J connectivity index is 1.23. The smallest absolute Gasteiger partial charge is 0.376 e. The van der Waals surface area contributed by atoms with Crippen LogP contribution in [0.15, 0.2) is 36.4 Å². The zero-order valence-corrected chi connectivity index (χ0v) is 26.9. The van der Waals surface area contributed by atoms with Crippen molar-refractivity contribution in [3.8, 4) is 6.07 Å². The first-order chi connectivity index (χ1) is 22.2. The standard InChI is InChI=1S/C33H39F4N7O3/c1-21-15-24(33(35,36)37)23(18-38)30(39-21)40-26-10-12-43(29-25(34)7-5-8-27(29)42(4)31(26)46)13-14-47-22-16-32(17-22)19-44(20-32)28(45)9-6-11-41(2)3/h5-9,15,22,26H,10-14,16-17,19-20H2,1-4H3,(H,39,40)/b9-6+/t26-/m0/s1. The van der Waals surface area contributed by atoms with Crippen LogP contribution in [-0.2, 0) is 20.5 Å². The van der Waals surface area contributed by atoms with Gasteiger partial charge in [0.15, 0.2) is 0 Å². The molecule has 0 unspecified atom stereocenters. The van der Waals surface area contributed by atoms with Crippen molar-refractivity contribution in [2.24, 2.45) is 5.41 Å². The highest BCUT2D eigenvalue weighted by atomic mass is 19.4. The van der Waals surface area contributed by atoms with Crippen molar-refractivity contribution in [2.75, 3.05) is 75.6 Å². The zero-order valence-electron chi connectivity index (χ0n) is 26.9. The number of alkyl halides is 3. The second-order valence-electron chi connectivity index (χ2n) is 12.9. The minimum absolute atomic E-state index is 0.0127. The number of benzene rings is 1. The summed E-state index contributed by atoms with van der Waals surface area (Å²) in [7, 11) is 5.35. The van der Waals surface area contributed by atoms with Gasteiger partial charge in [-0.2, -0.15) is 18.4 Å². The van der Waals surface area contributed by atoms with E-state index in [9.17, 15) is 28.0 Å². The number of halogens is 4. The second-order valence-corrected chi connectivity index (χ2v) is 12.9. The molecule has 5 rings (SSSR count). The van der Waals surface area contributed by atoms with Crippen LogP contribution in [0.1, 0.15) is 36.1 Å². The molecule has 2 fully saturated rings. The summed E-state index contributed by atoms with van der Waals surface area (Å²) >= 11 is 0. The largest absolute Gasteiger partial charge is 0.417 e. The lowest BCUT2D eigenvalue weighted by molar-refractivity contribution is -0.166. The molecule has 2 amide bonds. The van der Waals surface area contributed by atoms with Crippen LogP contribution in [0.4, 0.5) is 34.8 Å². The van der Waals surface area contributed by atoms with Crippen LogP contribution in [0.3, 0.4) is 0 Å². The van der Waals surface area contributed by atoms with E-state index < -0.39 is 35.1 Å². The van der Waals surface area contributed by atoms with E-state index in [1.165, 1.54) is 31.0 Å². The van der Waals surface area contributed by atoms with Gasteiger partial charge >= 0.3 is 6.18 Å². The number of amides is 2. The number of ether oxygens (including phenoxy) is 1. The number of anilines is 3. The molecule has 1 atom stereocenters. The number of para-hydroxylation sites is 1. The lowest BCUT2D eigenvalue weighted by atomic mass is 9.61. The van der Waals surface area contributed by atoms with Crippen LogP contribution in [0.2, 0.25) is 0 Å². The highest BCUT2D eigenvalue weighted by molar-refractivity contribution is 6.01. The predicted octanol–water partition coefficient (Wildman–Crippen LogP) is 4.20.